The maximum atomic E-state index is 11.5. The summed E-state index contributed by atoms with van der Waals surface area (Å²) in [5.74, 6) is -1.64. The van der Waals surface area contributed by atoms with Crippen LogP contribution in [-0.2, 0) is 0 Å². The van der Waals surface area contributed by atoms with Crippen molar-refractivity contribution in [3.8, 4) is 5.75 Å². The fourth-order valence-corrected chi connectivity index (χ4v) is 3.27. The lowest BCUT2D eigenvalue weighted by Crippen LogP contribution is -1.97. The number of hydrogen-bond acceptors (Lipinski definition) is 5. The molecule has 0 aliphatic carbocycles. The van der Waals surface area contributed by atoms with Crippen LogP contribution >= 0.6 is 12.6 Å². The van der Waals surface area contributed by atoms with E-state index in [1.54, 1.807) is 24.3 Å². The molecule has 4 aromatic carbocycles. The standard InChI is InChI=1S/C21H14N2O3S/c24-20-16(21(25)26)11-13-6-2-4-8-15(13)19(20)23-22-18-14-7-3-1-5-12(14)9-10-17(18)27/h1-11,24,27H,(H,25,26). The molecule has 5 nitrogen and oxygen atoms in total. The van der Waals surface area contributed by atoms with Crippen molar-refractivity contribution in [3.63, 3.8) is 0 Å². The maximum absolute atomic E-state index is 11.5. The second-order valence-corrected chi connectivity index (χ2v) is 6.48. The summed E-state index contributed by atoms with van der Waals surface area (Å²) in [4.78, 5) is 12.1. The van der Waals surface area contributed by atoms with Gasteiger partial charge in [-0.2, -0.15) is 0 Å². The number of fused-ring (bicyclic) bond motifs is 2. The van der Waals surface area contributed by atoms with Gasteiger partial charge in [-0.25, -0.2) is 4.79 Å². The number of thiol groups is 1. The van der Waals surface area contributed by atoms with Crippen molar-refractivity contribution >= 4 is 51.5 Å². The SMILES string of the molecule is O=C(O)c1cc2ccccc2c(N=Nc2c(S)ccc3ccccc23)c1O. The number of rotatable bonds is 3. The summed E-state index contributed by atoms with van der Waals surface area (Å²) in [6.07, 6.45) is 0. The third kappa shape index (κ3) is 3.00. The van der Waals surface area contributed by atoms with Gasteiger partial charge < -0.3 is 10.2 Å². The number of carbonyl (C=O) groups is 1. The molecule has 27 heavy (non-hydrogen) atoms. The largest absolute Gasteiger partial charge is 0.505 e. The Bertz CT molecular complexity index is 1230. The fourth-order valence-electron chi connectivity index (χ4n) is 3.03. The quantitative estimate of drug-likeness (QED) is 0.299. The highest BCUT2D eigenvalue weighted by Crippen LogP contribution is 2.40. The van der Waals surface area contributed by atoms with Crippen LogP contribution in [0.3, 0.4) is 0 Å². The van der Waals surface area contributed by atoms with Gasteiger partial charge in [0.05, 0.1) is 0 Å². The molecule has 0 aromatic heterocycles. The molecule has 0 aliphatic heterocycles. The molecular weight excluding hydrogens is 360 g/mol. The summed E-state index contributed by atoms with van der Waals surface area (Å²) >= 11 is 4.46. The van der Waals surface area contributed by atoms with E-state index >= 15 is 0 Å². The van der Waals surface area contributed by atoms with Crippen molar-refractivity contribution in [1.29, 1.82) is 0 Å². The molecule has 0 heterocycles. The Labute approximate surface area is 160 Å². The monoisotopic (exact) mass is 374 g/mol. The van der Waals surface area contributed by atoms with E-state index in [2.05, 4.69) is 22.9 Å². The first-order valence-electron chi connectivity index (χ1n) is 8.16. The third-order valence-corrected chi connectivity index (χ3v) is 4.72. The number of carboxylic acid groups (broad SMARTS) is 1. The number of benzene rings is 4. The molecule has 4 rings (SSSR count). The predicted octanol–water partition coefficient (Wildman–Crippen LogP) is 6.10. The summed E-state index contributed by atoms with van der Waals surface area (Å²) in [7, 11) is 0. The average molecular weight is 374 g/mol. The molecule has 0 atom stereocenters. The van der Waals surface area contributed by atoms with Gasteiger partial charge in [-0.3, -0.25) is 0 Å². The Morgan fingerprint density at radius 2 is 1.41 bits per heavy atom. The van der Waals surface area contributed by atoms with E-state index < -0.39 is 11.7 Å². The number of phenols is 1. The molecule has 132 valence electrons. The van der Waals surface area contributed by atoms with Gasteiger partial charge >= 0.3 is 5.97 Å². The summed E-state index contributed by atoms with van der Waals surface area (Å²) in [5.41, 5.74) is 0.457. The van der Waals surface area contributed by atoms with E-state index in [1.807, 2.05) is 36.4 Å². The van der Waals surface area contributed by atoms with Gasteiger partial charge in [0.15, 0.2) is 5.75 Å². The Balaban J connectivity index is 1.96. The zero-order valence-electron chi connectivity index (χ0n) is 14.0. The number of hydrogen-bond donors (Lipinski definition) is 3. The van der Waals surface area contributed by atoms with Crippen molar-refractivity contribution in [2.24, 2.45) is 10.2 Å². The van der Waals surface area contributed by atoms with Gasteiger partial charge in [-0.1, -0.05) is 54.6 Å². The molecule has 0 spiro atoms. The van der Waals surface area contributed by atoms with E-state index in [4.69, 9.17) is 0 Å². The fraction of sp³-hybridized carbons (Fsp3) is 0. The van der Waals surface area contributed by atoms with E-state index in [0.29, 0.717) is 21.4 Å². The van der Waals surface area contributed by atoms with Crippen LogP contribution < -0.4 is 0 Å². The molecule has 0 aliphatic rings. The minimum absolute atomic E-state index is 0.117. The first-order valence-corrected chi connectivity index (χ1v) is 8.61. The van der Waals surface area contributed by atoms with Crippen LogP contribution in [0.5, 0.6) is 5.75 Å². The number of aromatic carboxylic acids is 1. The lowest BCUT2D eigenvalue weighted by molar-refractivity contribution is 0.0694. The number of azo groups is 1. The second-order valence-electron chi connectivity index (χ2n) is 6.00. The number of nitrogens with zero attached hydrogens (tertiary/aromatic N) is 2. The summed E-state index contributed by atoms with van der Waals surface area (Å²) in [5, 5.41) is 31.5. The van der Waals surface area contributed by atoms with Crippen LogP contribution in [-0.4, -0.2) is 16.2 Å². The summed E-state index contributed by atoms with van der Waals surface area (Å²) in [6.45, 7) is 0. The lowest BCUT2D eigenvalue weighted by atomic mass is 10.0. The topological polar surface area (TPSA) is 82.2 Å². The molecule has 0 bridgehead atoms. The van der Waals surface area contributed by atoms with Gasteiger partial charge in [0, 0.05) is 15.7 Å². The predicted molar refractivity (Wildman–Crippen MR) is 108 cm³/mol. The zero-order valence-corrected chi connectivity index (χ0v) is 14.9. The van der Waals surface area contributed by atoms with Crippen LogP contribution in [0.1, 0.15) is 10.4 Å². The molecular formula is C21H14N2O3S. The van der Waals surface area contributed by atoms with Crippen molar-refractivity contribution in [1.82, 2.24) is 0 Å². The van der Waals surface area contributed by atoms with Crippen LogP contribution in [0, 0.1) is 0 Å². The van der Waals surface area contributed by atoms with Gasteiger partial charge in [0.1, 0.15) is 16.9 Å². The first kappa shape index (κ1) is 17.1. The molecule has 0 saturated carbocycles. The first-order chi connectivity index (χ1) is 13.1. The van der Waals surface area contributed by atoms with E-state index in [0.717, 1.165) is 10.8 Å². The Morgan fingerprint density at radius 3 is 2.11 bits per heavy atom. The number of aromatic hydroxyl groups is 1. The summed E-state index contributed by atoms with van der Waals surface area (Å²) in [6, 6.07) is 20.0. The highest BCUT2D eigenvalue weighted by molar-refractivity contribution is 7.80. The zero-order chi connectivity index (χ0) is 19.0. The molecule has 0 saturated heterocycles. The van der Waals surface area contributed by atoms with E-state index in [-0.39, 0.29) is 11.3 Å². The number of carboxylic acids is 1. The van der Waals surface area contributed by atoms with Gasteiger partial charge in [0.2, 0.25) is 0 Å². The van der Waals surface area contributed by atoms with E-state index in [1.165, 1.54) is 6.07 Å². The third-order valence-electron chi connectivity index (χ3n) is 4.35. The maximum Gasteiger partial charge on any atom is 0.339 e. The molecule has 0 unspecified atom stereocenters. The average Bonchev–Trinajstić information content (AvgIpc) is 2.68. The van der Waals surface area contributed by atoms with Crippen LogP contribution in [0.4, 0.5) is 11.4 Å². The molecule has 0 amide bonds. The smallest absolute Gasteiger partial charge is 0.339 e. The van der Waals surface area contributed by atoms with Crippen LogP contribution in [0.15, 0.2) is 81.9 Å². The summed E-state index contributed by atoms with van der Waals surface area (Å²) < 4.78 is 0. The Morgan fingerprint density at radius 1 is 0.815 bits per heavy atom. The minimum Gasteiger partial charge on any atom is -0.505 e. The van der Waals surface area contributed by atoms with Crippen molar-refractivity contribution in [3.05, 3.63) is 72.3 Å². The molecule has 6 heteroatoms. The van der Waals surface area contributed by atoms with Gasteiger partial charge in [-0.05, 0) is 22.9 Å². The van der Waals surface area contributed by atoms with Gasteiger partial charge in [0.25, 0.3) is 0 Å². The Hall–Kier alpha value is -3.38. The molecule has 4 aromatic rings. The second kappa shape index (κ2) is 6.74. The van der Waals surface area contributed by atoms with Crippen LogP contribution in [0.2, 0.25) is 0 Å². The van der Waals surface area contributed by atoms with Crippen LogP contribution in [0.25, 0.3) is 21.5 Å². The minimum atomic E-state index is -1.23. The molecule has 0 fully saturated rings. The molecule has 2 N–H and O–H groups in total. The van der Waals surface area contributed by atoms with Crippen molar-refractivity contribution in [2.75, 3.05) is 0 Å². The van der Waals surface area contributed by atoms with Gasteiger partial charge in [-0.15, -0.1) is 22.9 Å². The normalized spacial score (nSPS) is 11.4. The molecule has 0 radical (unpaired) electrons. The Kier molecular flexibility index (Phi) is 4.25. The van der Waals surface area contributed by atoms with Crippen molar-refractivity contribution in [2.45, 2.75) is 4.90 Å². The highest BCUT2D eigenvalue weighted by Gasteiger charge is 2.17. The lowest BCUT2D eigenvalue weighted by Gasteiger charge is -2.08. The highest BCUT2D eigenvalue weighted by atomic mass is 32.1. The van der Waals surface area contributed by atoms with E-state index in [9.17, 15) is 15.0 Å². The van der Waals surface area contributed by atoms with Crippen molar-refractivity contribution < 1.29 is 15.0 Å².